The Hall–Kier alpha value is -2.67. The lowest BCUT2D eigenvalue weighted by Crippen LogP contribution is -2.41. The molecule has 7 heteroatoms. The van der Waals surface area contributed by atoms with E-state index in [0.29, 0.717) is 5.02 Å². The minimum absolute atomic E-state index is 0.0791. The van der Waals surface area contributed by atoms with Gasteiger partial charge in [0.2, 0.25) is 15.9 Å². The number of carbonyl (C=O) groups is 1. The van der Waals surface area contributed by atoms with Gasteiger partial charge in [-0.05, 0) is 86.7 Å². The fraction of sp³-hybridized carbons (Fsp3) is 0.296. The summed E-state index contributed by atoms with van der Waals surface area (Å²) in [6.45, 7) is 9.76. The number of amides is 1. The molecule has 5 nitrogen and oxygen atoms in total. The molecule has 0 spiro atoms. The molecule has 1 N–H and O–H groups in total. The molecule has 0 bridgehead atoms. The van der Waals surface area contributed by atoms with Gasteiger partial charge in [0.1, 0.15) is 0 Å². The van der Waals surface area contributed by atoms with E-state index < -0.39 is 10.0 Å². The predicted molar refractivity (Wildman–Crippen MR) is 137 cm³/mol. The summed E-state index contributed by atoms with van der Waals surface area (Å²) < 4.78 is 28.1. The fourth-order valence-corrected chi connectivity index (χ4v) is 5.36. The lowest BCUT2D eigenvalue weighted by atomic mass is 9.96. The van der Waals surface area contributed by atoms with Gasteiger partial charge in [-0.3, -0.25) is 4.79 Å². The standard InChI is InChI=1S/C27H31ClN2O3S/c1-18-6-8-23(9-7-18)16-30(34(32,33)25-12-10-24(28)11-13-25)17-27(31)29-22(5)26-15-20(3)19(2)14-21(26)4/h6-15,22H,16-17H2,1-5H3,(H,29,31)/t22-/m0/s1. The Morgan fingerprint density at radius 3 is 2.12 bits per heavy atom. The van der Waals surface area contributed by atoms with Crippen molar-refractivity contribution in [2.45, 2.75) is 52.1 Å². The molecule has 34 heavy (non-hydrogen) atoms. The number of nitrogens with one attached hydrogen (secondary N) is 1. The minimum atomic E-state index is -3.93. The van der Waals surface area contributed by atoms with E-state index in [1.54, 1.807) is 0 Å². The molecular formula is C27H31ClN2O3S. The number of hydrogen-bond donors (Lipinski definition) is 1. The van der Waals surface area contributed by atoms with Crippen molar-refractivity contribution in [2.24, 2.45) is 0 Å². The number of rotatable bonds is 8. The summed E-state index contributed by atoms with van der Waals surface area (Å²) in [5.41, 5.74) is 6.31. The summed E-state index contributed by atoms with van der Waals surface area (Å²) in [6.07, 6.45) is 0. The third-order valence-corrected chi connectivity index (χ3v) is 8.04. The summed E-state index contributed by atoms with van der Waals surface area (Å²) in [5.74, 6) is -0.366. The van der Waals surface area contributed by atoms with Crippen LogP contribution in [0.5, 0.6) is 0 Å². The molecule has 0 unspecified atom stereocenters. The Bertz CT molecular complexity index is 1270. The van der Waals surface area contributed by atoms with Crippen LogP contribution in [0.3, 0.4) is 0 Å². The zero-order chi connectivity index (χ0) is 25.0. The number of halogens is 1. The van der Waals surface area contributed by atoms with Crippen LogP contribution in [0.2, 0.25) is 5.02 Å². The highest BCUT2D eigenvalue weighted by molar-refractivity contribution is 7.89. The number of nitrogens with zero attached hydrogens (tertiary/aromatic N) is 1. The molecule has 0 aliphatic carbocycles. The predicted octanol–water partition coefficient (Wildman–Crippen LogP) is 5.64. The van der Waals surface area contributed by atoms with Crippen molar-refractivity contribution in [3.05, 3.63) is 99.1 Å². The van der Waals surface area contributed by atoms with Crippen LogP contribution < -0.4 is 5.32 Å². The van der Waals surface area contributed by atoms with Crippen molar-refractivity contribution in [1.29, 1.82) is 0 Å². The quantitative estimate of drug-likeness (QED) is 0.437. The molecule has 1 amide bonds. The third kappa shape index (κ3) is 6.26. The first-order valence-electron chi connectivity index (χ1n) is 11.2. The summed E-state index contributed by atoms with van der Waals surface area (Å²) in [5, 5.41) is 3.42. The highest BCUT2D eigenvalue weighted by Gasteiger charge is 2.27. The van der Waals surface area contributed by atoms with Gasteiger partial charge in [0, 0.05) is 11.6 Å². The van der Waals surface area contributed by atoms with Crippen LogP contribution in [0, 0.1) is 27.7 Å². The van der Waals surface area contributed by atoms with Gasteiger partial charge in [-0.15, -0.1) is 0 Å². The average molecular weight is 499 g/mol. The first-order valence-corrected chi connectivity index (χ1v) is 13.0. The van der Waals surface area contributed by atoms with E-state index >= 15 is 0 Å². The van der Waals surface area contributed by atoms with Crippen molar-refractivity contribution in [3.63, 3.8) is 0 Å². The smallest absolute Gasteiger partial charge is 0.243 e. The molecule has 0 saturated carbocycles. The lowest BCUT2D eigenvalue weighted by molar-refractivity contribution is -0.122. The molecule has 3 aromatic carbocycles. The maximum Gasteiger partial charge on any atom is 0.243 e. The Balaban J connectivity index is 1.85. The molecule has 1 atom stereocenters. The van der Waals surface area contributed by atoms with Crippen LogP contribution in [-0.4, -0.2) is 25.2 Å². The first kappa shape index (κ1) is 25.9. The molecule has 0 heterocycles. The van der Waals surface area contributed by atoms with Crippen molar-refractivity contribution in [1.82, 2.24) is 9.62 Å². The summed E-state index contributed by atoms with van der Waals surface area (Å²) in [6, 6.07) is 17.5. The number of sulfonamides is 1. The van der Waals surface area contributed by atoms with E-state index in [4.69, 9.17) is 11.6 Å². The summed E-state index contributed by atoms with van der Waals surface area (Å²) in [7, 11) is -3.93. The van der Waals surface area contributed by atoms with E-state index in [-0.39, 0.29) is 29.9 Å². The molecular weight excluding hydrogens is 468 g/mol. The molecule has 0 saturated heterocycles. The highest BCUT2D eigenvalue weighted by atomic mass is 35.5. The normalized spacial score (nSPS) is 12.6. The van der Waals surface area contributed by atoms with Gasteiger partial charge in [-0.1, -0.05) is 53.6 Å². The lowest BCUT2D eigenvalue weighted by Gasteiger charge is -2.24. The van der Waals surface area contributed by atoms with E-state index in [9.17, 15) is 13.2 Å². The van der Waals surface area contributed by atoms with Crippen LogP contribution in [0.1, 0.15) is 46.3 Å². The first-order chi connectivity index (χ1) is 16.0. The molecule has 0 fully saturated rings. The molecule has 0 radical (unpaired) electrons. The van der Waals surface area contributed by atoms with Gasteiger partial charge in [-0.2, -0.15) is 4.31 Å². The van der Waals surface area contributed by atoms with Gasteiger partial charge < -0.3 is 5.32 Å². The molecule has 180 valence electrons. The van der Waals surface area contributed by atoms with Crippen LogP contribution >= 0.6 is 11.6 Å². The second-order valence-electron chi connectivity index (χ2n) is 8.79. The van der Waals surface area contributed by atoms with Gasteiger partial charge in [0.25, 0.3) is 0 Å². The second kappa shape index (κ2) is 10.7. The zero-order valence-electron chi connectivity index (χ0n) is 20.2. The Morgan fingerprint density at radius 2 is 1.50 bits per heavy atom. The van der Waals surface area contributed by atoms with Crippen LogP contribution in [0.4, 0.5) is 0 Å². The largest absolute Gasteiger partial charge is 0.348 e. The second-order valence-corrected chi connectivity index (χ2v) is 11.2. The average Bonchev–Trinajstić information content (AvgIpc) is 2.77. The van der Waals surface area contributed by atoms with Gasteiger partial charge in [0.15, 0.2) is 0 Å². The highest BCUT2D eigenvalue weighted by Crippen LogP contribution is 2.23. The maximum atomic E-state index is 13.4. The molecule has 3 rings (SSSR count). The summed E-state index contributed by atoms with van der Waals surface area (Å²) >= 11 is 5.95. The Labute approximate surface area is 207 Å². The van der Waals surface area contributed by atoms with E-state index in [1.165, 1.54) is 34.1 Å². The van der Waals surface area contributed by atoms with E-state index in [0.717, 1.165) is 27.8 Å². The van der Waals surface area contributed by atoms with Crippen LogP contribution in [0.15, 0.2) is 65.6 Å². The van der Waals surface area contributed by atoms with Crippen molar-refractivity contribution in [3.8, 4) is 0 Å². The molecule has 3 aromatic rings. The monoisotopic (exact) mass is 498 g/mol. The number of hydrogen-bond acceptors (Lipinski definition) is 3. The fourth-order valence-electron chi connectivity index (χ4n) is 3.85. The van der Waals surface area contributed by atoms with Crippen molar-refractivity contribution < 1.29 is 13.2 Å². The molecule has 0 aliphatic rings. The van der Waals surface area contributed by atoms with Crippen LogP contribution in [-0.2, 0) is 21.4 Å². The number of carbonyl (C=O) groups excluding carboxylic acids is 1. The third-order valence-electron chi connectivity index (χ3n) is 5.98. The molecule has 0 aromatic heterocycles. The van der Waals surface area contributed by atoms with E-state index in [1.807, 2.05) is 52.0 Å². The zero-order valence-corrected chi connectivity index (χ0v) is 21.8. The van der Waals surface area contributed by atoms with Gasteiger partial charge in [-0.25, -0.2) is 8.42 Å². The van der Waals surface area contributed by atoms with E-state index in [2.05, 4.69) is 24.4 Å². The summed E-state index contributed by atoms with van der Waals surface area (Å²) in [4.78, 5) is 13.1. The topological polar surface area (TPSA) is 66.5 Å². The minimum Gasteiger partial charge on any atom is -0.348 e. The Morgan fingerprint density at radius 1 is 0.912 bits per heavy atom. The van der Waals surface area contributed by atoms with Crippen LogP contribution in [0.25, 0.3) is 0 Å². The van der Waals surface area contributed by atoms with Gasteiger partial charge >= 0.3 is 0 Å². The van der Waals surface area contributed by atoms with Crippen molar-refractivity contribution in [2.75, 3.05) is 6.54 Å². The molecule has 0 aliphatic heterocycles. The van der Waals surface area contributed by atoms with Gasteiger partial charge in [0.05, 0.1) is 17.5 Å². The maximum absolute atomic E-state index is 13.4. The SMILES string of the molecule is Cc1ccc(CN(CC(=O)N[C@@H](C)c2cc(C)c(C)cc2C)S(=O)(=O)c2ccc(Cl)cc2)cc1. The number of aryl methyl sites for hydroxylation is 4. The Kier molecular flexibility index (Phi) is 8.18. The van der Waals surface area contributed by atoms with Crippen molar-refractivity contribution >= 4 is 27.5 Å². The number of benzene rings is 3.